The second kappa shape index (κ2) is 11.5. The van der Waals surface area contributed by atoms with Gasteiger partial charge in [-0.1, -0.05) is 0 Å². The van der Waals surface area contributed by atoms with Crippen LogP contribution in [-0.4, -0.2) is 88.3 Å². The van der Waals surface area contributed by atoms with Crippen LogP contribution < -0.4 is 15.4 Å². The summed E-state index contributed by atoms with van der Waals surface area (Å²) in [6.07, 6.45) is 0.203. The summed E-state index contributed by atoms with van der Waals surface area (Å²) in [5.41, 5.74) is 2.69. The number of rotatable bonds is 10. The lowest BCUT2D eigenvalue weighted by Crippen LogP contribution is -2.38. The largest absolute Gasteiger partial charge is 0.478 e. The molecule has 0 aromatic carbocycles. The molecule has 2 aliphatic carbocycles. The number of nitrogens with zero attached hydrogens (tertiary/aromatic N) is 4. The van der Waals surface area contributed by atoms with Gasteiger partial charge in [0.15, 0.2) is 5.58 Å². The summed E-state index contributed by atoms with van der Waals surface area (Å²) >= 11 is 0. The molecule has 40 heavy (non-hydrogen) atoms. The van der Waals surface area contributed by atoms with Crippen molar-refractivity contribution in [3.8, 4) is 17.2 Å². The number of anilines is 2. The van der Waals surface area contributed by atoms with E-state index in [4.69, 9.17) is 23.9 Å². The Morgan fingerprint density at radius 2 is 1.93 bits per heavy atom. The maximum Gasteiger partial charge on any atom is 0.409 e. The van der Waals surface area contributed by atoms with E-state index >= 15 is 0 Å². The Bertz CT molecular complexity index is 1380. The Hall–Kier alpha value is -3.64. The number of hydrogen-bond acceptors (Lipinski definition) is 11. The minimum atomic E-state index is -1.07. The topological polar surface area (TPSA) is 155 Å². The van der Waals surface area contributed by atoms with Crippen molar-refractivity contribution >= 4 is 28.8 Å². The highest BCUT2D eigenvalue weighted by Crippen LogP contribution is 2.38. The highest BCUT2D eigenvalue weighted by atomic mass is 16.5. The first-order chi connectivity index (χ1) is 19.2. The van der Waals surface area contributed by atoms with E-state index in [2.05, 4.69) is 15.6 Å². The molecule has 0 aliphatic heterocycles. The van der Waals surface area contributed by atoms with Crippen LogP contribution in [0.5, 0.6) is 5.88 Å². The van der Waals surface area contributed by atoms with Gasteiger partial charge in [0, 0.05) is 37.5 Å². The van der Waals surface area contributed by atoms with Crippen LogP contribution in [0.2, 0.25) is 0 Å². The smallest absolute Gasteiger partial charge is 0.409 e. The zero-order valence-electron chi connectivity index (χ0n) is 23.6. The zero-order valence-corrected chi connectivity index (χ0v) is 23.6. The molecule has 12 nitrogen and oxygen atoms in total. The Morgan fingerprint density at radius 3 is 2.62 bits per heavy atom. The normalized spacial score (nSPS) is 22.4. The number of aryl methyl sites for hydroxylation is 2. The van der Waals surface area contributed by atoms with Crippen molar-refractivity contribution in [1.82, 2.24) is 19.9 Å². The van der Waals surface area contributed by atoms with Gasteiger partial charge in [-0.05, 0) is 52.0 Å². The number of carbonyl (C=O) groups is 1. The minimum Gasteiger partial charge on any atom is -0.478 e. The lowest BCUT2D eigenvalue weighted by atomic mass is 10.1. The standard InChI is InChI=1S/C28H38N6O6/c1-6-39-21-11-17-10-20(40-25(17)15(3)30-21)22-14(2)31-27(29-12-16-7-8-16)33-26(22)32-19-9-18(23(35)24(19)36)13-34(4)28(37)38-5/h10-11,16,18-19,23-24,35-36H,6-9,12-13H2,1-5H3,(H2,29,31,32,33)/t18-,19-,23-,24+/m1/s1. The van der Waals surface area contributed by atoms with Gasteiger partial charge in [-0.15, -0.1) is 0 Å². The average molecular weight is 555 g/mol. The van der Waals surface area contributed by atoms with Gasteiger partial charge in [-0.25, -0.2) is 14.8 Å². The van der Waals surface area contributed by atoms with Crippen molar-refractivity contribution in [3.05, 3.63) is 23.5 Å². The third-order valence-corrected chi connectivity index (χ3v) is 7.64. The van der Waals surface area contributed by atoms with Crippen molar-refractivity contribution in [2.24, 2.45) is 11.8 Å². The fraction of sp³-hybridized carbons (Fsp3) is 0.571. The lowest BCUT2D eigenvalue weighted by Gasteiger charge is -2.22. The molecular formula is C28H38N6O6. The molecule has 3 aromatic heterocycles. The number of hydrogen-bond donors (Lipinski definition) is 4. The van der Waals surface area contributed by atoms with Gasteiger partial charge < -0.3 is 39.6 Å². The van der Waals surface area contributed by atoms with Crippen molar-refractivity contribution < 1.29 is 28.9 Å². The molecule has 5 rings (SSSR count). The first-order valence-electron chi connectivity index (χ1n) is 13.8. The van der Waals surface area contributed by atoms with E-state index in [1.165, 1.54) is 24.9 Å². The van der Waals surface area contributed by atoms with Crippen LogP contribution in [0.25, 0.3) is 22.3 Å². The molecule has 3 aromatic rings. The third kappa shape index (κ3) is 5.78. The Balaban J connectivity index is 1.48. The molecule has 0 bridgehead atoms. The van der Waals surface area contributed by atoms with Gasteiger partial charge in [0.05, 0.1) is 42.8 Å². The van der Waals surface area contributed by atoms with E-state index in [1.807, 2.05) is 32.9 Å². The number of nitrogens with one attached hydrogen (secondary N) is 2. The molecule has 1 amide bonds. The van der Waals surface area contributed by atoms with E-state index in [1.54, 1.807) is 7.05 Å². The second-order valence-corrected chi connectivity index (χ2v) is 10.8. The summed E-state index contributed by atoms with van der Waals surface area (Å²) in [6.45, 7) is 7.21. The summed E-state index contributed by atoms with van der Waals surface area (Å²) < 4.78 is 16.7. The van der Waals surface area contributed by atoms with Gasteiger partial charge in [0.2, 0.25) is 11.8 Å². The fourth-order valence-corrected chi connectivity index (χ4v) is 5.34. The molecule has 4 N–H and O–H groups in total. The van der Waals surface area contributed by atoms with E-state index in [-0.39, 0.29) is 12.5 Å². The number of fused-ring (bicyclic) bond motifs is 1. The van der Waals surface area contributed by atoms with Crippen molar-refractivity contribution in [3.63, 3.8) is 0 Å². The minimum absolute atomic E-state index is 0.241. The van der Waals surface area contributed by atoms with Crippen LogP contribution in [0.1, 0.15) is 37.6 Å². The molecule has 0 unspecified atom stereocenters. The number of aromatic nitrogens is 3. The second-order valence-electron chi connectivity index (χ2n) is 10.8. The zero-order chi connectivity index (χ0) is 28.6. The summed E-state index contributed by atoms with van der Waals surface area (Å²) in [6, 6.07) is 3.23. The van der Waals surface area contributed by atoms with Gasteiger partial charge in [-0.3, -0.25) is 0 Å². The molecular weight excluding hydrogens is 516 g/mol. The number of aliphatic hydroxyl groups excluding tert-OH is 2. The summed E-state index contributed by atoms with van der Waals surface area (Å²) in [4.78, 5) is 27.3. The quantitative estimate of drug-likeness (QED) is 0.292. The molecule has 0 saturated heterocycles. The molecule has 2 fully saturated rings. The predicted octanol–water partition coefficient (Wildman–Crippen LogP) is 3.34. The van der Waals surface area contributed by atoms with Crippen LogP contribution in [0.3, 0.4) is 0 Å². The Morgan fingerprint density at radius 1 is 1.15 bits per heavy atom. The molecule has 3 heterocycles. The van der Waals surface area contributed by atoms with Crippen molar-refractivity contribution in [2.45, 2.75) is 58.3 Å². The highest BCUT2D eigenvalue weighted by Gasteiger charge is 2.43. The number of furan rings is 1. The maximum atomic E-state index is 11.9. The number of amides is 1. The van der Waals surface area contributed by atoms with E-state index < -0.39 is 24.3 Å². The van der Waals surface area contributed by atoms with Crippen LogP contribution in [-0.2, 0) is 4.74 Å². The summed E-state index contributed by atoms with van der Waals surface area (Å²) in [5, 5.41) is 29.3. The number of methoxy groups -OCH3 is 1. The Kier molecular flexibility index (Phi) is 7.99. The average Bonchev–Trinajstić information content (AvgIpc) is 3.60. The first kappa shape index (κ1) is 27.9. The van der Waals surface area contributed by atoms with E-state index in [0.29, 0.717) is 64.9 Å². The summed E-state index contributed by atoms with van der Waals surface area (Å²) in [5.74, 6) is 2.32. The maximum absolute atomic E-state index is 11.9. The van der Waals surface area contributed by atoms with Crippen LogP contribution in [0.15, 0.2) is 16.5 Å². The Labute approximate surface area is 233 Å². The highest BCUT2D eigenvalue weighted by molar-refractivity contribution is 5.88. The number of carbonyl (C=O) groups excluding carboxylic acids is 1. The molecule has 2 saturated carbocycles. The summed E-state index contributed by atoms with van der Waals surface area (Å²) in [7, 11) is 2.91. The van der Waals surface area contributed by atoms with Crippen molar-refractivity contribution in [1.29, 1.82) is 0 Å². The monoisotopic (exact) mass is 554 g/mol. The van der Waals surface area contributed by atoms with Crippen LogP contribution in [0.4, 0.5) is 16.6 Å². The molecule has 4 atom stereocenters. The third-order valence-electron chi connectivity index (χ3n) is 7.64. The predicted molar refractivity (Wildman–Crippen MR) is 149 cm³/mol. The molecule has 2 aliphatic rings. The van der Waals surface area contributed by atoms with E-state index in [9.17, 15) is 15.0 Å². The molecule has 0 radical (unpaired) electrons. The number of aliphatic hydroxyl groups is 2. The lowest BCUT2D eigenvalue weighted by molar-refractivity contribution is 0.0111. The van der Waals surface area contributed by atoms with Crippen LogP contribution >= 0.6 is 0 Å². The van der Waals surface area contributed by atoms with Gasteiger partial charge >= 0.3 is 6.09 Å². The first-order valence-corrected chi connectivity index (χ1v) is 13.8. The fourth-order valence-electron chi connectivity index (χ4n) is 5.34. The van der Waals surface area contributed by atoms with E-state index in [0.717, 1.165) is 11.9 Å². The van der Waals surface area contributed by atoms with Crippen molar-refractivity contribution in [2.75, 3.05) is 44.5 Å². The number of ether oxygens (including phenoxy) is 2. The van der Waals surface area contributed by atoms with Gasteiger partial charge in [-0.2, -0.15) is 4.98 Å². The molecule has 216 valence electrons. The van der Waals surface area contributed by atoms with Gasteiger partial charge in [0.1, 0.15) is 17.7 Å². The van der Waals surface area contributed by atoms with Gasteiger partial charge in [0.25, 0.3) is 0 Å². The number of pyridine rings is 1. The molecule has 0 spiro atoms. The molecule has 12 heteroatoms. The SMILES string of the molecule is CCOc1cc2cc(-c3c(C)nc(NCC4CC4)nc3N[C@@H]3C[C@H](CN(C)C(=O)OC)[C@@H](O)[C@H]3O)oc2c(C)n1. The van der Waals surface area contributed by atoms with Crippen LogP contribution in [0, 0.1) is 25.7 Å².